The van der Waals surface area contributed by atoms with E-state index in [-0.39, 0.29) is 17.7 Å². The number of nitrogens with two attached hydrogens (primary N) is 1. The fraction of sp³-hybridized carbons (Fsp3) is 0.522. The van der Waals surface area contributed by atoms with Crippen LogP contribution in [0.2, 0.25) is 0 Å². The van der Waals surface area contributed by atoms with E-state index in [0.717, 1.165) is 5.69 Å². The largest absolute Gasteiger partial charge is 0.444 e. The van der Waals surface area contributed by atoms with Crippen molar-refractivity contribution in [2.75, 3.05) is 29.9 Å². The van der Waals surface area contributed by atoms with Crippen molar-refractivity contribution in [3.63, 3.8) is 0 Å². The number of aromatic nitrogens is 3. The summed E-state index contributed by atoms with van der Waals surface area (Å²) in [4.78, 5) is 41.6. The lowest BCUT2D eigenvalue weighted by molar-refractivity contribution is 0.0218. The number of nitrogens with one attached hydrogen (secondary N) is 1. The minimum atomic E-state index is -0.616. The lowest BCUT2D eigenvalue weighted by atomic mass is 10.2. The Bertz CT molecular complexity index is 1030. The van der Waals surface area contributed by atoms with Gasteiger partial charge in [0.15, 0.2) is 0 Å². The maximum absolute atomic E-state index is 12.4. The van der Waals surface area contributed by atoms with Crippen molar-refractivity contribution < 1.29 is 14.3 Å². The van der Waals surface area contributed by atoms with Crippen molar-refractivity contribution in [2.45, 2.75) is 58.1 Å². The Hall–Kier alpha value is -3.43. The van der Waals surface area contributed by atoms with Gasteiger partial charge in [-0.05, 0) is 52.7 Å². The fourth-order valence-electron chi connectivity index (χ4n) is 3.77. The number of carbonyl (C=O) groups excluding carboxylic acids is 2. The number of hydrogen-bond acceptors (Lipinski definition) is 8. The molecule has 2 aromatic heterocycles. The molecule has 2 fully saturated rings. The topological polar surface area (TPSA) is 127 Å². The van der Waals surface area contributed by atoms with Crippen molar-refractivity contribution in [3.05, 3.63) is 35.8 Å². The number of ether oxygens (including phenoxy) is 1. The van der Waals surface area contributed by atoms with Gasteiger partial charge in [-0.1, -0.05) is 0 Å². The molecule has 1 aliphatic heterocycles. The summed E-state index contributed by atoms with van der Waals surface area (Å²) < 4.78 is 5.49. The number of piperazine rings is 1. The first kappa shape index (κ1) is 22.8. The van der Waals surface area contributed by atoms with Crippen LogP contribution in [-0.4, -0.2) is 63.1 Å². The highest BCUT2D eigenvalue weighted by molar-refractivity contribution is 5.98. The number of pyridine rings is 1. The lowest BCUT2D eigenvalue weighted by Gasteiger charge is -2.40. The molecule has 1 atom stereocenters. The second-order valence-corrected chi connectivity index (χ2v) is 9.64. The van der Waals surface area contributed by atoms with Crippen LogP contribution in [0.25, 0.3) is 0 Å². The zero-order chi connectivity index (χ0) is 23.8. The van der Waals surface area contributed by atoms with E-state index in [4.69, 9.17) is 10.5 Å². The Morgan fingerprint density at radius 3 is 2.48 bits per heavy atom. The quantitative estimate of drug-likeness (QED) is 0.707. The highest BCUT2D eigenvalue weighted by atomic mass is 16.6. The van der Waals surface area contributed by atoms with E-state index in [2.05, 4.69) is 20.3 Å². The Kier molecular flexibility index (Phi) is 6.09. The van der Waals surface area contributed by atoms with Crippen molar-refractivity contribution in [1.29, 1.82) is 0 Å². The second-order valence-electron chi connectivity index (χ2n) is 9.64. The van der Waals surface area contributed by atoms with Gasteiger partial charge in [-0.25, -0.2) is 9.78 Å². The minimum absolute atomic E-state index is 0.0435. The molecule has 0 bridgehead atoms. The third kappa shape index (κ3) is 5.50. The summed E-state index contributed by atoms with van der Waals surface area (Å²) in [6.45, 7) is 9.04. The average Bonchev–Trinajstić information content (AvgIpc) is 3.58. The van der Waals surface area contributed by atoms with Gasteiger partial charge in [0.1, 0.15) is 17.0 Å². The first-order valence-corrected chi connectivity index (χ1v) is 11.2. The first-order valence-electron chi connectivity index (χ1n) is 11.2. The van der Waals surface area contributed by atoms with Crippen LogP contribution in [0.5, 0.6) is 0 Å². The normalized spacial score (nSPS) is 18.7. The van der Waals surface area contributed by atoms with Crippen molar-refractivity contribution in [1.82, 2.24) is 19.9 Å². The Balaban J connectivity index is 1.50. The molecule has 3 N–H and O–H groups in total. The number of rotatable bonds is 5. The summed E-state index contributed by atoms with van der Waals surface area (Å²) in [6.07, 6.45) is 5.21. The third-order valence-electron chi connectivity index (χ3n) is 5.62. The van der Waals surface area contributed by atoms with E-state index < -0.39 is 11.5 Å². The number of nitrogens with zero attached hydrogens (tertiary/aromatic N) is 5. The van der Waals surface area contributed by atoms with E-state index in [1.54, 1.807) is 11.1 Å². The van der Waals surface area contributed by atoms with Crippen molar-refractivity contribution >= 4 is 29.5 Å². The second kappa shape index (κ2) is 8.84. The molecule has 10 nitrogen and oxygen atoms in total. The van der Waals surface area contributed by atoms with Crippen molar-refractivity contribution in [2.24, 2.45) is 5.73 Å². The summed E-state index contributed by atoms with van der Waals surface area (Å²) in [5.41, 5.74) is 7.00. The number of anilines is 3. The first-order chi connectivity index (χ1) is 15.6. The molecular weight excluding hydrogens is 422 g/mol. The van der Waals surface area contributed by atoms with Gasteiger partial charge in [0.05, 0.1) is 11.9 Å². The van der Waals surface area contributed by atoms with Gasteiger partial charge in [-0.3, -0.25) is 9.78 Å². The van der Waals surface area contributed by atoms with Gasteiger partial charge in [-0.2, -0.15) is 4.98 Å². The monoisotopic (exact) mass is 453 g/mol. The summed E-state index contributed by atoms with van der Waals surface area (Å²) in [7, 11) is 0. The van der Waals surface area contributed by atoms with Crippen LogP contribution in [0, 0.1) is 0 Å². The maximum atomic E-state index is 12.4. The molecule has 33 heavy (non-hydrogen) atoms. The van der Waals surface area contributed by atoms with E-state index in [1.165, 1.54) is 19.0 Å². The van der Waals surface area contributed by atoms with Crippen LogP contribution < -0.4 is 16.0 Å². The maximum Gasteiger partial charge on any atom is 0.410 e. The van der Waals surface area contributed by atoms with Gasteiger partial charge in [0.2, 0.25) is 5.95 Å². The molecule has 0 unspecified atom stereocenters. The molecule has 2 amide bonds. The molecule has 2 aromatic rings. The molecule has 1 saturated heterocycles. The summed E-state index contributed by atoms with van der Waals surface area (Å²) in [6, 6.07) is 3.87. The molecule has 1 saturated carbocycles. The highest BCUT2D eigenvalue weighted by Gasteiger charge is 2.31. The number of amides is 2. The van der Waals surface area contributed by atoms with Gasteiger partial charge in [-0.15, -0.1) is 0 Å². The highest BCUT2D eigenvalue weighted by Crippen LogP contribution is 2.39. The van der Waals surface area contributed by atoms with Crippen molar-refractivity contribution in [3.8, 4) is 0 Å². The number of primary amides is 1. The predicted molar refractivity (Wildman–Crippen MR) is 125 cm³/mol. The lowest BCUT2D eigenvalue weighted by Crippen LogP contribution is -2.55. The van der Waals surface area contributed by atoms with Gasteiger partial charge in [0, 0.05) is 43.5 Å². The predicted octanol–water partition coefficient (Wildman–Crippen LogP) is 3.04. The smallest absolute Gasteiger partial charge is 0.410 e. The zero-order valence-corrected chi connectivity index (χ0v) is 19.5. The summed E-state index contributed by atoms with van der Waals surface area (Å²) >= 11 is 0. The Labute approximate surface area is 193 Å². The molecule has 0 aromatic carbocycles. The Morgan fingerprint density at radius 2 is 1.91 bits per heavy atom. The summed E-state index contributed by atoms with van der Waals surface area (Å²) in [5.74, 6) is 0.734. The SMILES string of the molecule is C[C@@H]1CN(C(=O)OC(C)(C)C)CCN1c1ncc(C(N)=O)c(Nc2ccc(C3CC3)nc2)n1. The molecular formula is C23H31N7O3. The molecule has 2 aliphatic rings. The van der Waals surface area contributed by atoms with E-state index in [1.807, 2.05) is 44.7 Å². The Morgan fingerprint density at radius 1 is 1.15 bits per heavy atom. The average molecular weight is 454 g/mol. The van der Waals surface area contributed by atoms with Gasteiger partial charge in [0.25, 0.3) is 5.91 Å². The zero-order valence-electron chi connectivity index (χ0n) is 19.5. The van der Waals surface area contributed by atoms with Crippen LogP contribution in [-0.2, 0) is 4.74 Å². The van der Waals surface area contributed by atoms with Gasteiger partial charge < -0.3 is 25.6 Å². The fourth-order valence-corrected chi connectivity index (χ4v) is 3.77. The number of hydrogen-bond donors (Lipinski definition) is 2. The van der Waals surface area contributed by atoms with E-state index in [0.29, 0.717) is 43.0 Å². The molecule has 10 heteroatoms. The standard InChI is InChI=1S/C23H31N7O3/c1-14-13-29(22(32)33-23(2,3)4)9-10-30(14)21-26-12-17(19(24)31)20(28-21)27-16-7-8-18(25-11-16)15-5-6-15/h7-8,11-12,14-15H,5-6,9-10,13H2,1-4H3,(H2,24,31)(H,26,27,28)/t14-/m1/s1. The summed E-state index contributed by atoms with van der Waals surface area (Å²) in [5, 5.41) is 3.16. The van der Waals surface area contributed by atoms with E-state index >= 15 is 0 Å². The molecule has 4 rings (SSSR count). The van der Waals surface area contributed by atoms with Crippen LogP contribution in [0.3, 0.4) is 0 Å². The van der Waals surface area contributed by atoms with Crippen LogP contribution in [0.4, 0.5) is 22.2 Å². The van der Waals surface area contributed by atoms with Gasteiger partial charge >= 0.3 is 6.09 Å². The van der Waals surface area contributed by atoms with Crippen LogP contribution in [0.1, 0.15) is 62.5 Å². The van der Waals surface area contributed by atoms with Crippen LogP contribution >= 0.6 is 0 Å². The molecule has 0 spiro atoms. The molecule has 0 radical (unpaired) electrons. The van der Waals surface area contributed by atoms with E-state index in [9.17, 15) is 9.59 Å². The molecule has 3 heterocycles. The number of carbonyl (C=O) groups is 2. The molecule has 1 aliphatic carbocycles. The van der Waals surface area contributed by atoms with Crippen LogP contribution in [0.15, 0.2) is 24.5 Å². The molecule has 176 valence electrons. The minimum Gasteiger partial charge on any atom is -0.444 e. The third-order valence-corrected chi connectivity index (χ3v) is 5.62.